The molecule has 0 bridgehead atoms. The molecule has 0 unspecified atom stereocenters. The molecule has 2 saturated heterocycles. The van der Waals surface area contributed by atoms with Gasteiger partial charge in [-0.15, -0.1) is 0 Å². The fraction of sp³-hybridized carbons (Fsp3) is 0.333. The predicted octanol–water partition coefficient (Wildman–Crippen LogP) is 2.45. The van der Waals surface area contributed by atoms with Crippen molar-refractivity contribution in [2.45, 2.75) is 55.7 Å². The number of ether oxygens (including phenoxy) is 2. The van der Waals surface area contributed by atoms with Crippen LogP contribution in [0, 0.1) is 17.6 Å². The summed E-state index contributed by atoms with van der Waals surface area (Å²) in [5.74, 6) is -3.03. The first-order valence-corrected chi connectivity index (χ1v) is 13.3. The van der Waals surface area contributed by atoms with Crippen molar-refractivity contribution in [1.82, 2.24) is 0 Å². The van der Waals surface area contributed by atoms with Gasteiger partial charge in [0, 0.05) is 5.69 Å². The molecule has 42 heavy (non-hydrogen) atoms. The van der Waals surface area contributed by atoms with Gasteiger partial charge in [0.25, 0.3) is 0 Å². The highest BCUT2D eigenvalue weighted by molar-refractivity contribution is 6.03. The lowest BCUT2D eigenvalue weighted by atomic mass is 9.78. The number of hydrogen-bond donors (Lipinski definition) is 5. The zero-order valence-corrected chi connectivity index (χ0v) is 22.0. The Labute approximate surface area is 239 Å². The first-order valence-electron chi connectivity index (χ1n) is 13.3. The smallest absolute Gasteiger partial charge is 0.335 e. The number of amides is 1. The Hall–Kier alpha value is -3.94. The molecule has 2 heterocycles. The van der Waals surface area contributed by atoms with Gasteiger partial charge in [-0.05, 0) is 72.5 Å². The van der Waals surface area contributed by atoms with Crippen molar-refractivity contribution in [3.8, 4) is 5.75 Å². The van der Waals surface area contributed by atoms with Crippen LogP contribution in [0.2, 0.25) is 0 Å². The topological polar surface area (TPSA) is 157 Å². The maximum Gasteiger partial charge on any atom is 0.335 e. The monoisotopic (exact) mass is 585 g/mol. The number of carbonyl (C=O) groups excluding carboxylic acids is 1. The SMILES string of the molecule is O=C(O)[C@@H]1O[C@H](Oc2ccc([C@H]3[C@@H](CC[C@@H](O)c4ccc(F)cc4)C(=O)N3c3ccc(F)cc3)cc2)[C@@H](O)[C@H](O)[C@H]1O. The average Bonchev–Trinajstić information content (AvgIpc) is 2.97. The van der Waals surface area contributed by atoms with E-state index in [4.69, 9.17) is 9.47 Å². The number of anilines is 1. The van der Waals surface area contributed by atoms with Gasteiger partial charge in [0.05, 0.1) is 18.1 Å². The number of aliphatic hydroxyl groups is 4. The number of carboxylic acid groups (broad SMARTS) is 1. The summed E-state index contributed by atoms with van der Waals surface area (Å²) in [4.78, 5) is 26.2. The summed E-state index contributed by atoms with van der Waals surface area (Å²) < 4.78 is 37.6. The van der Waals surface area contributed by atoms with Crippen LogP contribution in [0.4, 0.5) is 14.5 Å². The van der Waals surface area contributed by atoms with Gasteiger partial charge in [-0.3, -0.25) is 4.79 Å². The molecule has 2 fully saturated rings. The van der Waals surface area contributed by atoms with E-state index in [0.29, 0.717) is 23.2 Å². The Morgan fingerprint density at radius 3 is 2.07 bits per heavy atom. The molecule has 3 aromatic rings. The first kappa shape index (κ1) is 29.5. The third kappa shape index (κ3) is 5.85. The maximum atomic E-state index is 13.6. The highest BCUT2D eigenvalue weighted by atomic mass is 19.1. The second-order valence-electron chi connectivity index (χ2n) is 10.3. The number of halogens is 2. The Kier molecular flexibility index (Phi) is 8.53. The fourth-order valence-electron chi connectivity index (χ4n) is 5.32. The third-order valence-corrected chi connectivity index (χ3v) is 7.61. The number of hydrogen-bond acceptors (Lipinski definition) is 8. The van der Waals surface area contributed by atoms with Crippen molar-refractivity contribution in [2.75, 3.05) is 4.90 Å². The van der Waals surface area contributed by atoms with Crippen LogP contribution in [0.15, 0.2) is 72.8 Å². The summed E-state index contributed by atoms with van der Waals surface area (Å²) in [6, 6.07) is 16.8. The van der Waals surface area contributed by atoms with Crippen molar-refractivity contribution in [3.05, 3.63) is 95.6 Å². The second-order valence-corrected chi connectivity index (χ2v) is 10.3. The van der Waals surface area contributed by atoms with Crippen LogP contribution in [0.25, 0.3) is 0 Å². The largest absolute Gasteiger partial charge is 0.479 e. The summed E-state index contributed by atoms with van der Waals surface area (Å²) in [6.45, 7) is 0. The van der Waals surface area contributed by atoms with E-state index in [-0.39, 0.29) is 18.1 Å². The summed E-state index contributed by atoms with van der Waals surface area (Å²) in [6.07, 6.45) is -9.19. The molecule has 2 aliphatic rings. The molecule has 2 aliphatic heterocycles. The van der Waals surface area contributed by atoms with Crippen LogP contribution >= 0.6 is 0 Å². The zero-order chi connectivity index (χ0) is 30.1. The van der Waals surface area contributed by atoms with E-state index < -0.39 is 66.4 Å². The van der Waals surface area contributed by atoms with Crippen molar-refractivity contribution in [1.29, 1.82) is 0 Å². The maximum absolute atomic E-state index is 13.6. The number of rotatable bonds is 9. The summed E-state index contributed by atoms with van der Waals surface area (Å²) in [7, 11) is 0. The second kappa shape index (κ2) is 12.1. The molecule has 1 amide bonds. The molecule has 5 rings (SSSR count). The highest BCUT2D eigenvalue weighted by Crippen LogP contribution is 2.46. The molecule has 0 aromatic heterocycles. The molecule has 0 aliphatic carbocycles. The molecular formula is C30H29F2NO9. The Morgan fingerprint density at radius 2 is 1.48 bits per heavy atom. The van der Waals surface area contributed by atoms with E-state index in [2.05, 4.69) is 0 Å². The minimum atomic E-state index is -1.85. The number of nitrogens with zero attached hydrogens (tertiary/aromatic N) is 1. The molecule has 222 valence electrons. The van der Waals surface area contributed by atoms with Gasteiger partial charge in [-0.25, -0.2) is 13.6 Å². The minimum Gasteiger partial charge on any atom is -0.479 e. The van der Waals surface area contributed by atoms with E-state index in [1.54, 1.807) is 12.1 Å². The quantitative estimate of drug-likeness (QED) is 0.238. The molecular weight excluding hydrogens is 556 g/mol. The van der Waals surface area contributed by atoms with Crippen LogP contribution < -0.4 is 9.64 Å². The van der Waals surface area contributed by atoms with E-state index >= 15 is 0 Å². The third-order valence-electron chi connectivity index (χ3n) is 7.61. The van der Waals surface area contributed by atoms with E-state index in [0.717, 1.165) is 0 Å². The van der Waals surface area contributed by atoms with Gasteiger partial charge < -0.3 is 39.9 Å². The van der Waals surface area contributed by atoms with Gasteiger partial charge in [0.15, 0.2) is 6.10 Å². The van der Waals surface area contributed by atoms with Gasteiger partial charge in [-0.2, -0.15) is 0 Å². The first-order chi connectivity index (χ1) is 20.0. The zero-order valence-electron chi connectivity index (χ0n) is 22.0. The van der Waals surface area contributed by atoms with Gasteiger partial charge in [0.2, 0.25) is 12.2 Å². The molecule has 3 aromatic carbocycles. The molecule has 0 spiro atoms. The van der Waals surface area contributed by atoms with Gasteiger partial charge >= 0.3 is 5.97 Å². The lowest BCUT2D eigenvalue weighted by Crippen LogP contribution is -2.61. The lowest BCUT2D eigenvalue weighted by molar-refractivity contribution is -0.271. The van der Waals surface area contributed by atoms with Crippen LogP contribution in [0.3, 0.4) is 0 Å². The van der Waals surface area contributed by atoms with Crippen molar-refractivity contribution in [3.63, 3.8) is 0 Å². The van der Waals surface area contributed by atoms with E-state index in [1.807, 2.05) is 0 Å². The van der Waals surface area contributed by atoms with Crippen molar-refractivity contribution in [2.24, 2.45) is 5.92 Å². The summed E-state index contributed by atoms with van der Waals surface area (Å²) in [5, 5.41) is 50.0. The van der Waals surface area contributed by atoms with Crippen LogP contribution in [0.1, 0.15) is 36.1 Å². The Morgan fingerprint density at radius 1 is 0.881 bits per heavy atom. The van der Waals surface area contributed by atoms with Gasteiger partial charge in [0.1, 0.15) is 35.7 Å². The van der Waals surface area contributed by atoms with Crippen molar-refractivity contribution < 1.29 is 53.4 Å². The van der Waals surface area contributed by atoms with Crippen LogP contribution in [0.5, 0.6) is 5.75 Å². The molecule has 10 nitrogen and oxygen atoms in total. The fourth-order valence-corrected chi connectivity index (χ4v) is 5.32. The van der Waals surface area contributed by atoms with Crippen LogP contribution in [-0.2, 0) is 14.3 Å². The predicted molar refractivity (Wildman–Crippen MR) is 142 cm³/mol. The van der Waals surface area contributed by atoms with Crippen molar-refractivity contribution >= 4 is 17.6 Å². The normalized spacial score (nSPS) is 28.2. The number of carbonyl (C=O) groups is 2. The number of β-lactam (4-membered cyclic amide) rings is 1. The summed E-state index contributed by atoms with van der Waals surface area (Å²) in [5.41, 5.74) is 1.68. The molecule has 12 heteroatoms. The Bertz CT molecular complexity index is 1400. The number of carboxylic acids is 1. The molecule has 8 atom stereocenters. The van der Waals surface area contributed by atoms with E-state index in [1.165, 1.54) is 65.6 Å². The lowest BCUT2D eigenvalue weighted by Gasteiger charge is -2.48. The minimum absolute atomic E-state index is 0.151. The van der Waals surface area contributed by atoms with E-state index in [9.17, 15) is 43.9 Å². The standard InChI is InChI=1S/C30H29F2NO9/c31-17-5-1-15(2-6-17)22(34)14-13-21-23(33(28(21)38)19-9-7-18(32)8-10-19)16-3-11-20(12-4-16)41-30-26(37)24(35)25(36)27(42-30)29(39)40/h1-12,21-27,30,34-37H,13-14H2,(H,39,40)/t21-,22-,23+,24-,25-,26+,27-,30+/m1/s1. The molecule has 5 N–H and O–H groups in total. The number of aliphatic hydroxyl groups excluding tert-OH is 4. The van der Waals surface area contributed by atoms with Crippen LogP contribution in [-0.4, -0.2) is 68.1 Å². The van der Waals surface area contributed by atoms with Gasteiger partial charge in [-0.1, -0.05) is 24.3 Å². The average molecular weight is 586 g/mol. The highest BCUT2D eigenvalue weighted by Gasteiger charge is 2.49. The number of benzene rings is 3. The summed E-state index contributed by atoms with van der Waals surface area (Å²) >= 11 is 0. The molecule has 0 radical (unpaired) electrons. The number of aliphatic carboxylic acids is 1. The molecule has 0 saturated carbocycles. The Balaban J connectivity index is 1.34.